The van der Waals surface area contributed by atoms with E-state index >= 15 is 0 Å². The van der Waals surface area contributed by atoms with Gasteiger partial charge in [-0.3, -0.25) is 0 Å². The number of rotatable bonds is 2. The van der Waals surface area contributed by atoms with Gasteiger partial charge in [0, 0.05) is 6.08 Å². The quantitative estimate of drug-likeness (QED) is 0.572. The summed E-state index contributed by atoms with van der Waals surface area (Å²) < 4.78 is 4.80. The predicted octanol–water partition coefficient (Wildman–Crippen LogP) is 4.74. The van der Waals surface area contributed by atoms with Gasteiger partial charge in [-0.1, -0.05) is 19.9 Å². The summed E-state index contributed by atoms with van der Waals surface area (Å²) in [7, 11) is 1.46. The van der Waals surface area contributed by atoms with Gasteiger partial charge in [-0.25, -0.2) is 4.79 Å². The Labute approximate surface area is 158 Å². The van der Waals surface area contributed by atoms with Crippen molar-refractivity contribution in [3.05, 3.63) is 12.2 Å². The van der Waals surface area contributed by atoms with Gasteiger partial charge in [0.05, 0.1) is 13.2 Å². The molecule has 0 aromatic carbocycles. The number of aliphatic hydroxyl groups excluding tert-OH is 1. The van der Waals surface area contributed by atoms with E-state index in [2.05, 4.69) is 19.9 Å². The molecule has 4 aliphatic rings. The first-order valence-corrected chi connectivity index (χ1v) is 10.8. The molecule has 0 bridgehead atoms. The summed E-state index contributed by atoms with van der Waals surface area (Å²) in [6.07, 6.45) is 14.8. The molecule has 0 unspecified atom stereocenters. The summed E-state index contributed by atoms with van der Waals surface area (Å²) in [6.45, 7) is 5.04. The summed E-state index contributed by atoms with van der Waals surface area (Å²) in [5.74, 6) is 3.52. The number of fused-ring (bicyclic) bond motifs is 5. The SMILES string of the molecule is COC(=O)/C=C/[C@H]1CC[C@H]2[C@@H]3CC[C@H]4C[C@@H](O)CC[C@]4(C)[C@H]3CC[C@]12C. The Morgan fingerprint density at radius 2 is 1.73 bits per heavy atom. The van der Waals surface area contributed by atoms with Crippen LogP contribution in [-0.2, 0) is 9.53 Å². The number of aliphatic hydroxyl groups is 1. The zero-order chi connectivity index (χ0) is 18.5. The Morgan fingerprint density at radius 3 is 2.50 bits per heavy atom. The number of methoxy groups -OCH3 is 1. The van der Waals surface area contributed by atoms with Crippen molar-refractivity contribution in [1.82, 2.24) is 0 Å². The van der Waals surface area contributed by atoms with E-state index in [0.717, 1.165) is 36.5 Å². The van der Waals surface area contributed by atoms with Crippen LogP contribution in [-0.4, -0.2) is 24.3 Å². The highest BCUT2D eigenvalue weighted by atomic mass is 16.5. The van der Waals surface area contributed by atoms with Crippen molar-refractivity contribution in [2.75, 3.05) is 7.11 Å². The Morgan fingerprint density at radius 1 is 1.00 bits per heavy atom. The molecule has 26 heavy (non-hydrogen) atoms. The van der Waals surface area contributed by atoms with E-state index < -0.39 is 0 Å². The minimum Gasteiger partial charge on any atom is -0.466 e. The number of ether oxygens (including phenoxy) is 1. The first kappa shape index (κ1) is 18.5. The summed E-state index contributed by atoms with van der Waals surface area (Å²) in [5.41, 5.74) is 0.798. The molecule has 0 amide bonds. The molecule has 0 radical (unpaired) electrons. The Balaban J connectivity index is 1.54. The van der Waals surface area contributed by atoms with Crippen LogP contribution >= 0.6 is 0 Å². The summed E-state index contributed by atoms with van der Waals surface area (Å²) in [5, 5.41) is 10.2. The van der Waals surface area contributed by atoms with Crippen molar-refractivity contribution in [2.45, 2.75) is 77.7 Å². The molecule has 0 aliphatic heterocycles. The van der Waals surface area contributed by atoms with Gasteiger partial charge in [-0.2, -0.15) is 0 Å². The summed E-state index contributed by atoms with van der Waals surface area (Å²) >= 11 is 0. The highest BCUT2D eigenvalue weighted by molar-refractivity contribution is 5.81. The average Bonchev–Trinajstić information content (AvgIpc) is 2.96. The van der Waals surface area contributed by atoms with Gasteiger partial charge in [-0.15, -0.1) is 0 Å². The van der Waals surface area contributed by atoms with Crippen LogP contribution in [0.25, 0.3) is 0 Å². The smallest absolute Gasteiger partial charge is 0.330 e. The van der Waals surface area contributed by atoms with Crippen LogP contribution in [0.4, 0.5) is 0 Å². The molecule has 0 aromatic rings. The van der Waals surface area contributed by atoms with Crippen LogP contribution in [0, 0.1) is 40.4 Å². The normalized spacial score (nSPS) is 50.8. The first-order chi connectivity index (χ1) is 12.4. The van der Waals surface area contributed by atoms with E-state index in [-0.39, 0.29) is 12.1 Å². The molecule has 0 aromatic heterocycles. The van der Waals surface area contributed by atoms with Crippen molar-refractivity contribution >= 4 is 5.97 Å². The van der Waals surface area contributed by atoms with Crippen molar-refractivity contribution in [3.8, 4) is 0 Å². The van der Waals surface area contributed by atoms with Crippen LogP contribution in [0.1, 0.15) is 71.6 Å². The lowest BCUT2D eigenvalue weighted by Crippen LogP contribution is -2.53. The molecule has 4 saturated carbocycles. The van der Waals surface area contributed by atoms with Gasteiger partial charge in [0.15, 0.2) is 0 Å². The van der Waals surface area contributed by atoms with Gasteiger partial charge >= 0.3 is 5.97 Å². The predicted molar refractivity (Wildman–Crippen MR) is 102 cm³/mol. The van der Waals surface area contributed by atoms with Crippen LogP contribution in [0.5, 0.6) is 0 Å². The fourth-order valence-corrected chi connectivity index (χ4v) is 7.86. The standard InChI is InChI=1S/C23H36O3/c1-22-13-11-20-18(7-4-16-14-17(24)10-12-23(16,20)2)19(22)8-5-15(22)6-9-21(25)26-3/h6,9,15-20,24H,4-5,7-8,10-14H2,1-3H3/b9-6+/t15-,16+,17+,18+,19+,20+,22-,23+/m1/s1. The second kappa shape index (κ2) is 6.65. The minimum absolute atomic E-state index is 0.0576. The summed E-state index contributed by atoms with van der Waals surface area (Å²) in [6, 6.07) is 0. The zero-order valence-corrected chi connectivity index (χ0v) is 16.7. The molecule has 3 heteroatoms. The zero-order valence-electron chi connectivity index (χ0n) is 16.7. The first-order valence-electron chi connectivity index (χ1n) is 10.8. The second-order valence-electron chi connectivity index (χ2n) is 10.2. The Hall–Kier alpha value is -0.830. The molecule has 4 fully saturated rings. The maximum Gasteiger partial charge on any atom is 0.330 e. The molecule has 4 aliphatic carbocycles. The number of allylic oxidation sites excluding steroid dienone is 1. The van der Waals surface area contributed by atoms with E-state index in [1.54, 1.807) is 6.08 Å². The molecule has 8 atom stereocenters. The highest BCUT2D eigenvalue weighted by Gasteiger charge is 2.59. The minimum atomic E-state index is -0.223. The highest BCUT2D eigenvalue weighted by Crippen LogP contribution is 2.67. The van der Waals surface area contributed by atoms with Gasteiger partial charge in [0.25, 0.3) is 0 Å². The van der Waals surface area contributed by atoms with Crippen LogP contribution in [0.15, 0.2) is 12.2 Å². The molecular formula is C23H36O3. The molecule has 1 N–H and O–H groups in total. The third kappa shape index (κ3) is 2.77. The number of carbonyl (C=O) groups excluding carboxylic acids is 1. The second-order valence-corrected chi connectivity index (χ2v) is 10.2. The lowest BCUT2D eigenvalue weighted by atomic mass is 9.44. The van der Waals surface area contributed by atoms with E-state index in [1.165, 1.54) is 52.1 Å². The van der Waals surface area contributed by atoms with E-state index in [9.17, 15) is 9.90 Å². The molecule has 0 heterocycles. The van der Waals surface area contributed by atoms with Gasteiger partial charge in [-0.05, 0) is 98.2 Å². The monoisotopic (exact) mass is 360 g/mol. The molecule has 146 valence electrons. The van der Waals surface area contributed by atoms with Crippen LogP contribution in [0.2, 0.25) is 0 Å². The van der Waals surface area contributed by atoms with E-state index in [1.807, 2.05) is 0 Å². The number of carbonyl (C=O) groups is 1. The van der Waals surface area contributed by atoms with E-state index in [4.69, 9.17) is 4.74 Å². The lowest BCUT2D eigenvalue weighted by molar-refractivity contribution is -0.135. The van der Waals surface area contributed by atoms with Crippen molar-refractivity contribution in [1.29, 1.82) is 0 Å². The van der Waals surface area contributed by atoms with Crippen LogP contribution < -0.4 is 0 Å². The third-order valence-electron chi connectivity index (χ3n) is 9.38. The largest absolute Gasteiger partial charge is 0.466 e. The Kier molecular flexibility index (Phi) is 4.74. The molecular weight excluding hydrogens is 324 g/mol. The fourth-order valence-electron chi connectivity index (χ4n) is 7.86. The van der Waals surface area contributed by atoms with Crippen LogP contribution in [0.3, 0.4) is 0 Å². The van der Waals surface area contributed by atoms with E-state index in [0.29, 0.717) is 16.7 Å². The molecule has 4 rings (SSSR count). The van der Waals surface area contributed by atoms with Crippen molar-refractivity contribution in [3.63, 3.8) is 0 Å². The molecule has 3 nitrogen and oxygen atoms in total. The molecule has 0 spiro atoms. The fraction of sp³-hybridized carbons (Fsp3) is 0.870. The van der Waals surface area contributed by atoms with Crippen molar-refractivity contribution in [2.24, 2.45) is 40.4 Å². The van der Waals surface area contributed by atoms with Crippen molar-refractivity contribution < 1.29 is 14.6 Å². The van der Waals surface area contributed by atoms with Gasteiger partial charge < -0.3 is 9.84 Å². The number of hydrogen-bond acceptors (Lipinski definition) is 3. The average molecular weight is 361 g/mol. The topological polar surface area (TPSA) is 46.5 Å². The molecule has 0 saturated heterocycles. The third-order valence-corrected chi connectivity index (χ3v) is 9.38. The number of hydrogen-bond donors (Lipinski definition) is 1. The maximum absolute atomic E-state index is 11.6. The van der Waals surface area contributed by atoms with Gasteiger partial charge in [0.2, 0.25) is 0 Å². The van der Waals surface area contributed by atoms with Gasteiger partial charge in [0.1, 0.15) is 0 Å². The summed E-state index contributed by atoms with van der Waals surface area (Å²) in [4.78, 5) is 11.6. The maximum atomic E-state index is 11.6. The Bertz CT molecular complexity index is 584. The lowest BCUT2D eigenvalue weighted by Gasteiger charge is -2.60. The number of esters is 1.